The highest BCUT2D eigenvalue weighted by Crippen LogP contribution is 2.26. The zero-order valence-electron chi connectivity index (χ0n) is 6.88. The van der Waals surface area contributed by atoms with Crippen molar-refractivity contribution in [2.24, 2.45) is 0 Å². The van der Waals surface area contributed by atoms with Crippen molar-refractivity contribution >= 4 is 5.97 Å². The van der Waals surface area contributed by atoms with Crippen LogP contribution in [0, 0.1) is 5.82 Å². The molecule has 0 aliphatic carbocycles. The lowest BCUT2D eigenvalue weighted by molar-refractivity contribution is -0.274. The van der Waals surface area contributed by atoms with Gasteiger partial charge in [0.25, 0.3) is 0 Å². The molecule has 1 heterocycles. The summed E-state index contributed by atoms with van der Waals surface area (Å²) in [5, 5.41) is 8.43. The van der Waals surface area contributed by atoms with E-state index in [0.717, 1.165) is 0 Å². The predicted octanol–water partition coefficient (Wildman–Crippen LogP) is 1.82. The summed E-state index contributed by atoms with van der Waals surface area (Å²) in [5.74, 6) is -4.45. The van der Waals surface area contributed by atoms with E-state index in [0.29, 0.717) is 12.4 Å². The number of pyridine rings is 1. The molecule has 1 rings (SSSR count). The minimum Gasteiger partial charge on any atom is -0.477 e. The molecule has 1 aromatic rings. The molecule has 0 aromatic carbocycles. The van der Waals surface area contributed by atoms with E-state index in [2.05, 4.69) is 9.72 Å². The Kier molecular flexibility index (Phi) is 2.78. The lowest BCUT2D eigenvalue weighted by Gasteiger charge is -2.10. The Bertz CT molecular complexity index is 390. The molecule has 0 spiro atoms. The van der Waals surface area contributed by atoms with Gasteiger partial charge in [-0.25, -0.2) is 9.18 Å². The number of aromatic nitrogens is 1. The van der Waals surface area contributed by atoms with Crippen molar-refractivity contribution < 1.29 is 32.2 Å². The fraction of sp³-hybridized carbons (Fsp3) is 0.143. The van der Waals surface area contributed by atoms with E-state index in [1.54, 1.807) is 0 Å². The Labute approximate surface area is 80.1 Å². The van der Waals surface area contributed by atoms with E-state index in [1.165, 1.54) is 0 Å². The zero-order valence-corrected chi connectivity index (χ0v) is 6.88. The van der Waals surface area contributed by atoms with Crippen LogP contribution in [0.1, 0.15) is 10.4 Å². The third kappa shape index (κ3) is 2.79. The van der Waals surface area contributed by atoms with Crippen LogP contribution in [0.2, 0.25) is 0 Å². The van der Waals surface area contributed by atoms with Gasteiger partial charge in [-0.15, -0.1) is 13.2 Å². The molecule has 0 saturated heterocycles. The van der Waals surface area contributed by atoms with Gasteiger partial charge in [0.05, 0.1) is 12.4 Å². The van der Waals surface area contributed by atoms with Gasteiger partial charge in [0.15, 0.2) is 11.6 Å². The molecule has 0 aliphatic rings. The van der Waals surface area contributed by atoms with Crippen LogP contribution >= 0.6 is 0 Å². The van der Waals surface area contributed by atoms with Crippen LogP contribution in [-0.2, 0) is 0 Å². The normalized spacial score (nSPS) is 11.2. The van der Waals surface area contributed by atoms with E-state index >= 15 is 0 Å². The van der Waals surface area contributed by atoms with Gasteiger partial charge in [-0.3, -0.25) is 4.98 Å². The van der Waals surface area contributed by atoms with Crippen molar-refractivity contribution in [1.82, 2.24) is 4.98 Å². The molecule has 4 nitrogen and oxygen atoms in total. The van der Waals surface area contributed by atoms with E-state index in [9.17, 15) is 22.4 Å². The Morgan fingerprint density at radius 2 is 2.00 bits per heavy atom. The Morgan fingerprint density at radius 3 is 2.47 bits per heavy atom. The van der Waals surface area contributed by atoms with Gasteiger partial charge in [0, 0.05) is 0 Å². The standard InChI is InChI=1S/C7H3F4NO3/c8-3-1-12-2-4(5(3)6(13)14)15-7(9,10)11/h1-2H,(H,13,14). The minimum absolute atomic E-state index is 0.472. The number of ether oxygens (including phenoxy) is 1. The van der Waals surface area contributed by atoms with Gasteiger partial charge in [-0.2, -0.15) is 0 Å². The van der Waals surface area contributed by atoms with Gasteiger partial charge in [-0.1, -0.05) is 0 Å². The van der Waals surface area contributed by atoms with Gasteiger partial charge in [0.2, 0.25) is 0 Å². The highest BCUT2D eigenvalue weighted by Gasteiger charge is 2.34. The summed E-state index contributed by atoms with van der Waals surface area (Å²) in [5.41, 5.74) is -1.21. The first-order valence-electron chi connectivity index (χ1n) is 3.44. The number of alkyl halides is 3. The third-order valence-electron chi connectivity index (χ3n) is 1.30. The number of hydrogen-bond acceptors (Lipinski definition) is 3. The largest absolute Gasteiger partial charge is 0.573 e. The van der Waals surface area contributed by atoms with E-state index in [-0.39, 0.29) is 0 Å². The number of rotatable bonds is 2. The topological polar surface area (TPSA) is 59.4 Å². The first kappa shape index (κ1) is 11.2. The monoisotopic (exact) mass is 225 g/mol. The maximum atomic E-state index is 12.8. The second kappa shape index (κ2) is 3.71. The van der Waals surface area contributed by atoms with Crippen LogP contribution < -0.4 is 4.74 Å². The number of hydrogen-bond donors (Lipinski definition) is 1. The molecule has 82 valence electrons. The van der Waals surface area contributed by atoms with Crippen LogP contribution in [0.15, 0.2) is 12.4 Å². The lowest BCUT2D eigenvalue weighted by Crippen LogP contribution is -2.19. The molecule has 0 saturated carbocycles. The van der Waals surface area contributed by atoms with Gasteiger partial charge >= 0.3 is 12.3 Å². The van der Waals surface area contributed by atoms with Crippen LogP contribution in [0.4, 0.5) is 17.6 Å². The molecule has 0 bridgehead atoms. The molecule has 1 N–H and O–H groups in total. The van der Waals surface area contributed by atoms with Crippen molar-refractivity contribution in [2.45, 2.75) is 6.36 Å². The van der Waals surface area contributed by atoms with Crippen molar-refractivity contribution in [3.63, 3.8) is 0 Å². The molecule has 0 fully saturated rings. The molecule has 0 radical (unpaired) electrons. The predicted molar refractivity (Wildman–Crippen MR) is 37.8 cm³/mol. The van der Waals surface area contributed by atoms with E-state index in [1.807, 2.05) is 0 Å². The summed E-state index contributed by atoms with van der Waals surface area (Å²) in [6.45, 7) is 0. The number of carboxylic acid groups (broad SMARTS) is 1. The highest BCUT2D eigenvalue weighted by molar-refractivity contribution is 5.90. The summed E-state index contributed by atoms with van der Waals surface area (Å²) in [7, 11) is 0. The number of nitrogens with zero attached hydrogens (tertiary/aromatic N) is 1. The average molecular weight is 225 g/mol. The summed E-state index contributed by atoms with van der Waals surface area (Å²) < 4.78 is 51.3. The van der Waals surface area contributed by atoms with Crippen molar-refractivity contribution in [3.05, 3.63) is 23.8 Å². The Morgan fingerprint density at radius 1 is 1.40 bits per heavy atom. The van der Waals surface area contributed by atoms with Crippen LogP contribution in [0.25, 0.3) is 0 Å². The molecule has 15 heavy (non-hydrogen) atoms. The molecule has 0 atom stereocenters. The Hall–Kier alpha value is -1.86. The number of halogens is 4. The summed E-state index contributed by atoms with van der Waals surface area (Å²) in [6, 6.07) is 0. The smallest absolute Gasteiger partial charge is 0.477 e. The number of carbonyl (C=O) groups is 1. The average Bonchev–Trinajstić information content (AvgIpc) is 1.99. The summed E-state index contributed by atoms with van der Waals surface area (Å²) >= 11 is 0. The molecule has 1 aromatic heterocycles. The fourth-order valence-corrected chi connectivity index (χ4v) is 0.827. The third-order valence-corrected chi connectivity index (χ3v) is 1.30. The highest BCUT2D eigenvalue weighted by atomic mass is 19.4. The fourth-order valence-electron chi connectivity index (χ4n) is 0.827. The van der Waals surface area contributed by atoms with Crippen molar-refractivity contribution in [3.8, 4) is 5.75 Å². The maximum absolute atomic E-state index is 12.8. The zero-order chi connectivity index (χ0) is 11.6. The van der Waals surface area contributed by atoms with Crippen LogP contribution in [0.3, 0.4) is 0 Å². The molecule has 0 amide bonds. The van der Waals surface area contributed by atoms with Crippen LogP contribution in [0.5, 0.6) is 5.75 Å². The lowest BCUT2D eigenvalue weighted by atomic mass is 10.2. The summed E-state index contributed by atoms with van der Waals surface area (Å²) in [4.78, 5) is 13.5. The minimum atomic E-state index is -5.10. The first-order chi connectivity index (χ1) is 6.81. The summed E-state index contributed by atoms with van der Waals surface area (Å²) in [6.07, 6.45) is -4.15. The maximum Gasteiger partial charge on any atom is 0.573 e. The first-order valence-corrected chi connectivity index (χ1v) is 3.44. The SMILES string of the molecule is O=C(O)c1c(F)cncc1OC(F)(F)F. The molecule has 0 unspecified atom stereocenters. The van der Waals surface area contributed by atoms with Gasteiger partial charge in [-0.05, 0) is 0 Å². The molecular weight excluding hydrogens is 222 g/mol. The quantitative estimate of drug-likeness (QED) is 0.780. The second-order valence-electron chi connectivity index (χ2n) is 2.35. The van der Waals surface area contributed by atoms with Crippen molar-refractivity contribution in [2.75, 3.05) is 0 Å². The molecule has 0 aliphatic heterocycles. The van der Waals surface area contributed by atoms with E-state index < -0.39 is 29.5 Å². The van der Waals surface area contributed by atoms with Crippen molar-refractivity contribution in [1.29, 1.82) is 0 Å². The number of aromatic carboxylic acids is 1. The van der Waals surface area contributed by atoms with Gasteiger partial charge in [0.1, 0.15) is 5.56 Å². The Balaban J connectivity index is 3.18. The second-order valence-corrected chi connectivity index (χ2v) is 2.35. The molecule has 8 heteroatoms. The van der Waals surface area contributed by atoms with Gasteiger partial charge < -0.3 is 9.84 Å². The van der Waals surface area contributed by atoms with E-state index in [4.69, 9.17) is 5.11 Å². The van der Waals surface area contributed by atoms with Crippen LogP contribution in [-0.4, -0.2) is 22.4 Å². The molecular formula is C7H3F4NO3. The number of carboxylic acids is 1.